The molecule has 2 fully saturated rings. The molecule has 0 N–H and O–H groups in total. The molecule has 14 heavy (non-hydrogen) atoms. The van der Waals surface area contributed by atoms with E-state index in [0.29, 0.717) is 13.0 Å². The maximum atomic E-state index is 11.5. The van der Waals surface area contributed by atoms with Crippen molar-refractivity contribution in [1.29, 1.82) is 0 Å². The molecule has 2 aliphatic heterocycles. The standard InChI is InChI=1S/C10H15NO3/c12-9-5-3-6-11(9)8-4-1-2-7-14-10(8)13/h8H,1-7H2. The van der Waals surface area contributed by atoms with Crippen LogP contribution < -0.4 is 0 Å². The molecule has 4 heteroatoms. The van der Waals surface area contributed by atoms with Crippen LogP contribution in [0.25, 0.3) is 0 Å². The SMILES string of the molecule is O=C1OCCCCC1N1CCCC1=O. The Hall–Kier alpha value is -1.06. The van der Waals surface area contributed by atoms with Gasteiger partial charge in [0.15, 0.2) is 0 Å². The quantitative estimate of drug-likeness (QED) is 0.581. The van der Waals surface area contributed by atoms with Crippen LogP contribution in [0.4, 0.5) is 0 Å². The van der Waals surface area contributed by atoms with E-state index in [9.17, 15) is 9.59 Å². The lowest BCUT2D eigenvalue weighted by Crippen LogP contribution is -2.42. The van der Waals surface area contributed by atoms with Crippen molar-refractivity contribution in [3.63, 3.8) is 0 Å². The zero-order valence-corrected chi connectivity index (χ0v) is 8.20. The molecule has 0 aromatic heterocycles. The molecule has 78 valence electrons. The van der Waals surface area contributed by atoms with E-state index in [2.05, 4.69) is 0 Å². The molecule has 2 aliphatic rings. The van der Waals surface area contributed by atoms with E-state index in [4.69, 9.17) is 4.74 Å². The minimum absolute atomic E-state index is 0.105. The highest BCUT2D eigenvalue weighted by Gasteiger charge is 2.34. The van der Waals surface area contributed by atoms with Crippen LogP contribution in [0.1, 0.15) is 32.1 Å². The molecule has 0 aromatic rings. The van der Waals surface area contributed by atoms with Crippen molar-refractivity contribution < 1.29 is 14.3 Å². The molecule has 0 bridgehead atoms. The number of amides is 1. The summed E-state index contributed by atoms with van der Waals surface area (Å²) in [6, 6.07) is -0.299. The van der Waals surface area contributed by atoms with Gasteiger partial charge < -0.3 is 9.64 Å². The predicted molar refractivity (Wildman–Crippen MR) is 49.5 cm³/mol. The van der Waals surface area contributed by atoms with Gasteiger partial charge in [-0.05, 0) is 25.7 Å². The Kier molecular flexibility index (Phi) is 2.70. The van der Waals surface area contributed by atoms with E-state index in [0.717, 1.165) is 32.2 Å². The van der Waals surface area contributed by atoms with Crippen molar-refractivity contribution in [1.82, 2.24) is 4.90 Å². The number of hydrogen-bond donors (Lipinski definition) is 0. The van der Waals surface area contributed by atoms with Gasteiger partial charge in [-0.3, -0.25) is 4.79 Å². The highest BCUT2D eigenvalue weighted by atomic mass is 16.5. The summed E-state index contributed by atoms with van der Waals surface area (Å²) in [5.41, 5.74) is 0. The van der Waals surface area contributed by atoms with E-state index in [-0.39, 0.29) is 17.9 Å². The molecule has 2 saturated heterocycles. The van der Waals surface area contributed by atoms with Gasteiger partial charge in [0.25, 0.3) is 0 Å². The van der Waals surface area contributed by atoms with E-state index < -0.39 is 0 Å². The number of carbonyl (C=O) groups is 2. The van der Waals surface area contributed by atoms with Crippen LogP contribution in [0.3, 0.4) is 0 Å². The number of carbonyl (C=O) groups excluding carboxylic acids is 2. The van der Waals surface area contributed by atoms with Crippen molar-refractivity contribution >= 4 is 11.9 Å². The van der Waals surface area contributed by atoms with Crippen LogP contribution in [-0.4, -0.2) is 36.0 Å². The molecule has 4 nitrogen and oxygen atoms in total. The Morgan fingerprint density at radius 1 is 1.21 bits per heavy atom. The second-order valence-corrected chi connectivity index (χ2v) is 3.87. The first-order chi connectivity index (χ1) is 6.79. The van der Waals surface area contributed by atoms with Gasteiger partial charge in [0.1, 0.15) is 6.04 Å². The zero-order valence-electron chi connectivity index (χ0n) is 8.20. The largest absolute Gasteiger partial charge is 0.464 e. The summed E-state index contributed by atoms with van der Waals surface area (Å²) in [5.74, 6) is -0.105. The second-order valence-electron chi connectivity index (χ2n) is 3.87. The Morgan fingerprint density at radius 3 is 2.79 bits per heavy atom. The topological polar surface area (TPSA) is 46.6 Å². The second kappa shape index (κ2) is 3.98. The lowest BCUT2D eigenvalue weighted by atomic mass is 10.1. The molecular formula is C10H15NO3. The first-order valence-electron chi connectivity index (χ1n) is 5.25. The molecule has 1 amide bonds. The fourth-order valence-corrected chi connectivity index (χ4v) is 2.11. The minimum atomic E-state index is -0.299. The average molecular weight is 197 g/mol. The highest BCUT2D eigenvalue weighted by Crippen LogP contribution is 2.20. The number of hydrogen-bond acceptors (Lipinski definition) is 3. The number of rotatable bonds is 1. The third kappa shape index (κ3) is 1.74. The monoisotopic (exact) mass is 197 g/mol. The van der Waals surface area contributed by atoms with Crippen molar-refractivity contribution in [2.24, 2.45) is 0 Å². The Balaban J connectivity index is 2.06. The van der Waals surface area contributed by atoms with E-state index >= 15 is 0 Å². The summed E-state index contributed by atoms with van der Waals surface area (Å²) in [4.78, 5) is 24.7. The first-order valence-corrected chi connectivity index (χ1v) is 5.25. The van der Waals surface area contributed by atoms with Crippen LogP contribution in [0, 0.1) is 0 Å². The third-order valence-corrected chi connectivity index (χ3v) is 2.87. The smallest absolute Gasteiger partial charge is 0.328 e. The van der Waals surface area contributed by atoms with Crippen molar-refractivity contribution in [2.75, 3.05) is 13.2 Å². The predicted octanol–water partition coefficient (Wildman–Crippen LogP) is 0.704. The Labute approximate surface area is 83.2 Å². The Morgan fingerprint density at radius 2 is 2.07 bits per heavy atom. The molecule has 0 radical (unpaired) electrons. The molecule has 1 unspecified atom stereocenters. The van der Waals surface area contributed by atoms with Gasteiger partial charge in [-0.25, -0.2) is 4.79 Å². The summed E-state index contributed by atoms with van der Waals surface area (Å²) < 4.78 is 5.04. The molecule has 1 atom stereocenters. The lowest BCUT2D eigenvalue weighted by Gasteiger charge is -2.23. The third-order valence-electron chi connectivity index (χ3n) is 2.87. The molecule has 0 aromatic carbocycles. The molecule has 0 saturated carbocycles. The van der Waals surface area contributed by atoms with E-state index in [1.807, 2.05) is 0 Å². The van der Waals surface area contributed by atoms with Crippen LogP contribution in [-0.2, 0) is 14.3 Å². The molecule has 2 heterocycles. The van der Waals surface area contributed by atoms with Crippen molar-refractivity contribution in [3.05, 3.63) is 0 Å². The van der Waals surface area contributed by atoms with Gasteiger partial charge in [-0.1, -0.05) is 0 Å². The molecule has 0 spiro atoms. The van der Waals surface area contributed by atoms with Gasteiger partial charge in [0.2, 0.25) is 5.91 Å². The summed E-state index contributed by atoms with van der Waals surface area (Å²) in [6.07, 6.45) is 4.13. The molecule has 2 rings (SSSR count). The zero-order chi connectivity index (χ0) is 9.97. The fraction of sp³-hybridized carbons (Fsp3) is 0.800. The number of esters is 1. The summed E-state index contributed by atoms with van der Waals surface area (Å²) in [7, 11) is 0. The van der Waals surface area contributed by atoms with Crippen LogP contribution in [0.15, 0.2) is 0 Å². The molecule has 0 aliphatic carbocycles. The maximum absolute atomic E-state index is 11.5. The number of nitrogens with zero attached hydrogens (tertiary/aromatic N) is 1. The normalized spacial score (nSPS) is 28.9. The lowest BCUT2D eigenvalue weighted by molar-refractivity contribution is -0.152. The molecular weight excluding hydrogens is 182 g/mol. The summed E-state index contributed by atoms with van der Waals surface area (Å²) >= 11 is 0. The minimum Gasteiger partial charge on any atom is -0.464 e. The number of likely N-dealkylation sites (tertiary alicyclic amines) is 1. The van der Waals surface area contributed by atoms with Gasteiger partial charge in [-0.15, -0.1) is 0 Å². The first kappa shape index (κ1) is 9.49. The fourth-order valence-electron chi connectivity index (χ4n) is 2.11. The number of ether oxygens (including phenoxy) is 1. The highest BCUT2D eigenvalue weighted by molar-refractivity contribution is 5.85. The van der Waals surface area contributed by atoms with Crippen LogP contribution in [0.5, 0.6) is 0 Å². The van der Waals surface area contributed by atoms with Crippen LogP contribution in [0.2, 0.25) is 0 Å². The van der Waals surface area contributed by atoms with Crippen LogP contribution >= 0.6 is 0 Å². The maximum Gasteiger partial charge on any atom is 0.328 e. The summed E-state index contributed by atoms with van der Waals surface area (Å²) in [6.45, 7) is 1.23. The average Bonchev–Trinajstić information content (AvgIpc) is 2.46. The summed E-state index contributed by atoms with van der Waals surface area (Å²) in [5, 5.41) is 0. The van der Waals surface area contributed by atoms with E-state index in [1.54, 1.807) is 4.90 Å². The van der Waals surface area contributed by atoms with Crippen molar-refractivity contribution in [2.45, 2.75) is 38.1 Å². The van der Waals surface area contributed by atoms with Gasteiger partial charge in [0.05, 0.1) is 6.61 Å². The van der Waals surface area contributed by atoms with Gasteiger partial charge in [-0.2, -0.15) is 0 Å². The Bertz CT molecular complexity index is 252. The van der Waals surface area contributed by atoms with Gasteiger partial charge >= 0.3 is 5.97 Å². The number of cyclic esters (lactones) is 1. The van der Waals surface area contributed by atoms with E-state index in [1.165, 1.54) is 0 Å². The van der Waals surface area contributed by atoms with Crippen molar-refractivity contribution in [3.8, 4) is 0 Å². The van der Waals surface area contributed by atoms with Gasteiger partial charge in [0, 0.05) is 13.0 Å².